The van der Waals surface area contributed by atoms with E-state index in [2.05, 4.69) is 15.0 Å². The predicted molar refractivity (Wildman–Crippen MR) is 82.0 cm³/mol. The molecule has 2 heterocycles. The van der Waals surface area contributed by atoms with Gasteiger partial charge >= 0.3 is 5.22 Å². The van der Waals surface area contributed by atoms with Crippen molar-refractivity contribution < 1.29 is 12.8 Å². The number of halogens is 1. The Morgan fingerprint density at radius 3 is 2.90 bits per heavy atom. The van der Waals surface area contributed by atoms with Gasteiger partial charge in [-0.05, 0) is 44.0 Å². The number of aromatic nitrogens is 1. The van der Waals surface area contributed by atoms with Gasteiger partial charge in [-0.15, -0.1) is 12.4 Å². The largest absolute Gasteiger partial charge is 0.427 e. The third-order valence-electron chi connectivity index (χ3n) is 3.47. The van der Waals surface area contributed by atoms with Gasteiger partial charge in [0, 0.05) is 6.54 Å². The lowest BCUT2D eigenvalue weighted by Gasteiger charge is -2.22. The van der Waals surface area contributed by atoms with Crippen LogP contribution < -0.4 is 10.0 Å². The van der Waals surface area contributed by atoms with Crippen molar-refractivity contribution in [1.82, 2.24) is 15.0 Å². The molecule has 0 saturated carbocycles. The molecule has 0 aliphatic carbocycles. The lowest BCUT2D eigenvalue weighted by atomic mass is 10.0. The SMILES string of the molecule is Cl.O=S(=O)(NCC1CCCNC1)c1nc2ccccc2o1. The zero-order valence-corrected chi connectivity index (χ0v) is 13.0. The van der Waals surface area contributed by atoms with Gasteiger partial charge in [0.2, 0.25) is 0 Å². The molecule has 1 atom stereocenters. The van der Waals surface area contributed by atoms with Gasteiger partial charge in [0.15, 0.2) is 5.58 Å². The van der Waals surface area contributed by atoms with Gasteiger partial charge in [0.05, 0.1) is 0 Å². The number of sulfonamides is 1. The molecule has 0 bridgehead atoms. The summed E-state index contributed by atoms with van der Waals surface area (Å²) in [6.07, 6.45) is 2.11. The Kier molecular flexibility index (Phi) is 5.21. The van der Waals surface area contributed by atoms with Gasteiger partial charge in [-0.25, -0.2) is 13.1 Å². The number of nitrogens with one attached hydrogen (secondary N) is 2. The van der Waals surface area contributed by atoms with Crippen LogP contribution in [0.3, 0.4) is 0 Å². The first-order valence-electron chi connectivity index (χ1n) is 6.71. The smallest absolute Gasteiger partial charge is 0.331 e. The van der Waals surface area contributed by atoms with Gasteiger partial charge in [-0.2, -0.15) is 4.98 Å². The highest BCUT2D eigenvalue weighted by Crippen LogP contribution is 2.18. The molecule has 1 aromatic carbocycles. The molecule has 1 saturated heterocycles. The average molecular weight is 332 g/mol. The summed E-state index contributed by atoms with van der Waals surface area (Å²) in [5, 5.41) is 3.00. The average Bonchev–Trinajstić information content (AvgIpc) is 2.91. The number of piperidine rings is 1. The summed E-state index contributed by atoms with van der Waals surface area (Å²) in [4.78, 5) is 4.02. The highest BCUT2D eigenvalue weighted by molar-refractivity contribution is 7.89. The molecule has 1 aliphatic rings. The van der Waals surface area contributed by atoms with Crippen molar-refractivity contribution in [1.29, 1.82) is 0 Å². The van der Waals surface area contributed by atoms with Crippen LogP contribution in [0.5, 0.6) is 0 Å². The van der Waals surface area contributed by atoms with E-state index in [0.717, 1.165) is 25.9 Å². The van der Waals surface area contributed by atoms with Gasteiger partial charge in [0.25, 0.3) is 10.0 Å². The Morgan fingerprint density at radius 1 is 1.38 bits per heavy atom. The number of fused-ring (bicyclic) bond motifs is 1. The molecule has 8 heteroatoms. The van der Waals surface area contributed by atoms with Crippen molar-refractivity contribution in [3.63, 3.8) is 0 Å². The van der Waals surface area contributed by atoms with Crippen LogP contribution >= 0.6 is 12.4 Å². The highest BCUT2D eigenvalue weighted by atomic mass is 35.5. The number of benzene rings is 1. The minimum Gasteiger partial charge on any atom is -0.427 e. The molecule has 6 nitrogen and oxygen atoms in total. The third-order valence-corrected chi connectivity index (χ3v) is 4.65. The van der Waals surface area contributed by atoms with E-state index in [1.807, 2.05) is 0 Å². The fourth-order valence-corrected chi connectivity index (χ4v) is 3.35. The van der Waals surface area contributed by atoms with Crippen LogP contribution in [-0.4, -0.2) is 33.0 Å². The van der Waals surface area contributed by atoms with Crippen molar-refractivity contribution >= 4 is 33.5 Å². The molecule has 116 valence electrons. The number of hydrogen-bond acceptors (Lipinski definition) is 5. The van der Waals surface area contributed by atoms with Gasteiger partial charge in [-0.1, -0.05) is 12.1 Å². The van der Waals surface area contributed by atoms with E-state index < -0.39 is 10.0 Å². The first-order valence-corrected chi connectivity index (χ1v) is 8.19. The monoisotopic (exact) mass is 331 g/mol. The molecular weight excluding hydrogens is 314 g/mol. The van der Waals surface area contributed by atoms with Gasteiger partial charge in [0.1, 0.15) is 5.52 Å². The summed E-state index contributed by atoms with van der Waals surface area (Å²) in [6.45, 7) is 2.26. The zero-order chi connectivity index (χ0) is 14.0. The molecule has 2 N–H and O–H groups in total. The number of hydrogen-bond donors (Lipinski definition) is 2. The maximum atomic E-state index is 12.2. The zero-order valence-electron chi connectivity index (χ0n) is 11.4. The van der Waals surface area contributed by atoms with Crippen molar-refractivity contribution in [2.45, 2.75) is 18.1 Å². The number of oxazole rings is 1. The predicted octanol–water partition coefficient (Wildman–Crippen LogP) is 1.53. The maximum Gasteiger partial charge on any atom is 0.331 e. The van der Waals surface area contributed by atoms with Crippen molar-refractivity contribution in [2.75, 3.05) is 19.6 Å². The lowest BCUT2D eigenvalue weighted by Crippen LogP contribution is -2.38. The van der Waals surface area contributed by atoms with Crippen LogP contribution in [0.2, 0.25) is 0 Å². The second-order valence-electron chi connectivity index (χ2n) is 5.01. The van der Waals surface area contributed by atoms with Crippen molar-refractivity contribution in [3.8, 4) is 0 Å². The summed E-state index contributed by atoms with van der Waals surface area (Å²) >= 11 is 0. The fourth-order valence-electron chi connectivity index (χ4n) is 2.35. The number of rotatable bonds is 4. The van der Waals surface area contributed by atoms with Crippen LogP contribution in [-0.2, 0) is 10.0 Å². The van der Waals surface area contributed by atoms with E-state index >= 15 is 0 Å². The van der Waals surface area contributed by atoms with E-state index in [1.54, 1.807) is 24.3 Å². The van der Waals surface area contributed by atoms with Crippen LogP contribution in [0.25, 0.3) is 11.1 Å². The molecule has 21 heavy (non-hydrogen) atoms. The first kappa shape index (κ1) is 16.2. The molecule has 1 fully saturated rings. The fraction of sp³-hybridized carbons (Fsp3) is 0.462. The summed E-state index contributed by atoms with van der Waals surface area (Å²) in [5.41, 5.74) is 1.03. The molecule has 0 radical (unpaired) electrons. The normalized spacial score (nSPS) is 19.3. The second kappa shape index (κ2) is 6.74. The summed E-state index contributed by atoms with van der Waals surface area (Å²) < 4.78 is 32.2. The minimum absolute atomic E-state index is 0. The Labute approximate surface area is 129 Å². The number of para-hydroxylation sites is 2. The van der Waals surface area contributed by atoms with Crippen LogP contribution in [0.15, 0.2) is 33.9 Å². The van der Waals surface area contributed by atoms with E-state index in [-0.39, 0.29) is 17.6 Å². The highest BCUT2D eigenvalue weighted by Gasteiger charge is 2.23. The van der Waals surface area contributed by atoms with Gasteiger partial charge in [-0.3, -0.25) is 0 Å². The molecule has 0 amide bonds. The molecular formula is C13H18ClN3O3S. The summed E-state index contributed by atoms with van der Waals surface area (Å²) in [5.74, 6) is 0.322. The minimum atomic E-state index is -3.68. The lowest BCUT2D eigenvalue weighted by molar-refractivity contribution is 0.373. The van der Waals surface area contributed by atoms with Crippen LogP contribution in [0.4, 0.5) is 0 Å². The van der Waals surface area contributed by atoms with Crippen LogP contribution in [0.1, 0.15) is 12.8 Å². The van der Waals surface area contributed by atoms with Crippen LogP contribution in [0, 0.1) is 5.92 Å². The summed E-state index contributed by atoms with van der Waals surface area (Å²) in [6, 6.07) is 7.00. The van der Waals surface area contributed by atoms with Crippen molar-refractivity contribution in [3.05, 3.63) is 24.3 Å². The molecule has 2 aromatic rings. The van der Waals surface area contributed by atoms with E-state index in [1.165, 1.54) is 0 Å². The second-order valence-corrected chi connectivity index (χ2v) is 6.66. The Bertz CT molecular complexity index is 663. The molecule has 1 aromatic heterocycles. The third kappa shape index (κ3) is 3.74. The van der Waals surface area contributed by atoms with Gasteiger partial charge < -0.3 is 9.73 Å². The Hall–Kier alpha value is -1.15. The maximum absolute atomic E-state index is 12.2. The van der Waals surface area contributed by atoms with E-state index in [0.29, 0.717) is 23.6 Å². The van der Waals surface area contributed by atoms with Crippen molar-refractivity contribution in [2.24, 2.45) is 5.92 Å². The number of nitrogens with zero attached hydrogens (tertiary/aromatic N) is 1. The first-order chi connectivity index (χ1) is 9.65. The Balaban J connectivity index is 0.00000161. The Morgan fingerprint density at radius 2 is 2.19 bits per heavy atom. The molecule has 3 rings (SSSR count). The van der Waals surface area contributed by atoms with E-state index in [4.69, 9.17) is 4.42 Å². The summed E-state index contributed by atoms with van der Waals surface area (Å²) in [7, 11) is -3.68. The molecule has 1 unspecified atom stereocenters. The van der Waals surface area contributed by atoms with E-state index in [9.17, 15) is 8.42 Å². The topological polar surface area (TPSA) is 84.2 Å². The standard InChI is InChI=1S/C13H17N3O3S.ClH/c17-20(18,15-9-10-4-3-7-14-8-10)13-16-11-5-1-2-6-12(11)19-13;/h1-2,5-6,10,14-15H,3-4,7-9H2;1H. The molecule has 0 spiro atoms. The molecule has 1 aliphatic heterocycles. The quantitative estimate of drug-likeness (QED) is 0.887.